The Balaban J connectivity index is 1.48. The number of carbonyl (C=O) groups excluding carboxylic acids is 1. The second-order valence-electron chi connectivity index (χ2n) is 7.86. The summed E-state index contributed by atoms with van der Waals surface area (Å²) < 4.78 is 0. The molecule has 4 heterocycles. The van der Waals surface area contributed by atoms with Crippen molar-refractivity contribution in [3.05, 3.63) is 53.2 Å². The molecule has 2 aromatic heterocycles. The fourth-order valence-electron chi connectivity index (χ4n) is 4.39. The van der Waals surface area contributed by atoms with Gasteiger partial charge in [0.25, 0.3) is 0 Å². The Morgan fingerprint density at radius 1 is 1.17 bits per heavy atom. The van der Waals surface area contributed by atoms with Crippen molar-refractivity contribution in [3.8, 4) is 0 Å². The van der Waals surface area contributed by atoms with Crippen molar-refractivity contribution < 1.29 is 4.79 Å². The number of aromatic nitrogens is 3. The van der Waals surface area contributed by atoms with Crippen molar-refractivity contribution in [1.29, 1.82) is 0 Å². The maximum Gasteiger partial charge on any atom is 0.225 e. The number of nitrogens with zero attached hydrogens (tertiary/aromatic N) is 5. The van der Waals surface area contributed by atoms with Crippen LogP contribution in [0.2, 0.25) is 5.02 Å². The molecule has 3 aromatic rings. The van der Waals surface area contributed by atoms with E-state index >= 15 is 0 Å². The molecule has 0 spiro atoms. The molecule has 2 aliphatic heterocycles. The molecule has 0 radical (unpaired) electrons. The molecular weight excluding hydrogens is 400 g/mol. The van der Waals surface area contributed by atoms with E-state index in [4.69, 9.17) is 16.6 Å². The van der Waals surface area contributed by atoms with Gasteiger partial charge in [0.1, 0.15) is 5.52 Å². The normalized spacial score (nSPS) is 19.8. The molecule has 7 nitrogen and oxygen atoms in total. The summed E-state index contributed by atoms with van der Waals surface area (Å²) in [6.45, 7) is 4.28. The van der Waals surface area contributed by atoms with Gasteiger partial charge in [0.05, 0.1) is 11.6 Å². The van der Waals surface area contributed by atoms with Crippen LogP contribution in [0.1, 0.15) is 31.4 Å². The SMILES string of the molecule is C[C@@H](Nc1nc(N2CCN3C(=O)CCC3C2)c2ncccc2n1)c1ccccc1Cl. The Kier molecular flexibility index (Phi) is 4.90. The fraction of sp³-hybridized carbons (Fsp3) is 0.364. The van der Waals surface area contributed by atoms with Gasteiger partial charge in [-0.25, -0.2) is 4.98 Å². The highest BCUT2D eigenvalue weighted by atomic mass is 35.5. The number of nitrogens with one attached hydrogen (secondary N) is 1. The molecule has 1 N–H and O–H groups in total. The molecule has 2 saturated heterocycles. The summed E-state index contributed by atoms with van der Waals surface area (Å²) >= 11 is 6.37. The maximum atomic E-state index is 12.1. The van der Waals surface area contributed by atoms with Gasteiger partial charge < -0.3 is 15.1 Å². The van der Waals surface area contributed by atoms with E-state index in [9.17, 15) is 4.79 Å². The monoisotopic (exact) mass is 422 g/mol. The van der Waals surface area contributed by atoms with Gasteiger partial charge in [-0.05, 0) is 37.1 Å². The van der Waals surface area contributed by atoms with E-state index in [0.29, 0.717) is 17.4 Å². The summed E-state index contributed by atoms with van der Waals surface area (Å²) in [5.74, 6) is 1.62. The number of pyridine rings is 1. The van der Waals surface area contributed by atoms with Gasteiger partial charge in [0.2, 0.25) is 11.9 Å². The zero-order chi connectivity index (χ0) is 20.7. The minimum atomic E-state index is -0.0510. The first kappa shape index (κ1) is 19.1. The van der Waals surface area contributed by atoms with Gasteiger partial charge in [0.15, 0.2) is 5.82 Å². The summed E-state index contributed by atoms with van der Waals surface area (Å²) in [6, 6.07) is 11.8. The van der Waals surface area contributed by atoms with Crippen LogP contribution >= 0.6 is 11.6 Å². The number of carbonyl (C=O) groups is 1. The smallest absolute Gasteiger partial charge is 0.225 e. The average molecular weight is 423 g/mol. The van der Waals surface area contributed by atoms with E-state index in [1.54, 1.807) is 6.20 Å². The maximum absolute atomic E-state index is 12.1. The molecule has 5 rings (SSSR count). The quantitative estimate of drug-likeness (QED) is 0.691. The van der Waals surface area contributed by atoms with Gasteiger partial charge in [-0.15, -0.1) is 0 Å². The third-order valence-corrected chi connectivity index (χ3v) is 6.29. The van der Waals surface area contributed by atoms with Gasteiger partial charge in [-0.2, -0.15) is 4.98 Å². The van der Waals surface area contributed by atoms with E-state index in [-0.39, 0.29) is 18.0 Å². The number of hydrogen-bond acceptors (Lipinski definition) is 6. The van der Waals surface area contributed by atoms with Crippen LogP contribution in [0.3, 0.4) is 0 Å². The van der Waals surface area contributed by atoms with E-state index in [2.05, 4.69) is 20.2 Å². The first-order valence-corrected chi connectivity index (χ1v) is 10.7. The Hall–Kier alpha value is -2.93. The zero-order valence-electron chi connectivity index (χ0n) is 16.8. The van der Waals surface area contributed by atoms with E-state index < -0.39 is 0 Å². The zero-order valence-corrected chi connectivity index (χ0v) is 17.5. The predicted octanol–water partition coefficient (Wildman–Crippen LogP) is 3.66. The number of halogens is 1. The minimum Gasteiger partial charge on any atom is -0.351 e. The lowest BCUT2D eigenvalue weighted by atomic mass is 10.1. The van der Waals surface area contributed by atoms with Crippen molar-refractivity contribution >= 4 is 40.3 Å². The molecule has 154 valence electrons. The highest BCUT2D eigenvalue weighted by Gasteiger charge is 2.36. The number of benzene rings is 1. The predicted molar refractivity (Wildman–Crippen MR) is 118 cm³/mol. The number of piperazine rings is 1. The van der Waals surface area contributed by atoms with Crippen LogP contribution in [-0.4, -0.2) is 51.4 Å². The van der Waals surface area contributed by atoms with Crippen molar-refractivity contribution in [1.82, 2.24) is 19.9 Å². The summed E-state index contributed by atoms with van der Waals surface area (Å²) in [6.07, 6.45) is 3.31. The van der Waals surface area contributed by atoms with Gasteiger partial charge in [-0.1, -0.05) is 29.8 Å². The Morgan fingerprint density at radius 3 is 2.90 bits per heavy atom. The topological polar surface area (TPSA) is 74.2 Å². The fourth-order valence-corrected chi connectivity index (χ4v) is 4.69. The molecule has 8 heteroatoms. The molecule has 30 heavy (non-hydrogen) atoms. The van der Waals surface area contributed by atoms with E-state index in [1.165, 1.54) is 0 Å². The number of hydrogen-bond donors (Lipinski definition) is 1. The number of amides is 1. The summed E-state index contributed by atoms with van der Waals surface area (Å²) in [4.78, 5) is 30.4. The van der Waals surface area contributed by atoms with Gasteiger partial charge in [0, 0.05) is 43.3 Å². The molecule has 2 aliphatic rings. The van der Waals surface area contributed by atoms with Crippen LogP contribution in [0.5, 0.6) is 0 Å². The van der Waals surface area contributed by atoms with E-state index in [0.717, 1.165) is 48.5 Å². The van der Waals surface area contributed by atoms with Crippen molar-refractivity contribution in [3.63, 3.8) is 0 Å². The second-order valence-corrected chi connectivity index (χ2v) is 8.26. The van der Waals surface area contributed by atoms with Crippen LogP contribution in [-0.2, 0) is 4.79 Å². The van der Waals surface area contributed by atoms with Crippen molar-refractivity contribution in [2.45, 2.75) is 31.8 Å². The highest BCUT2D eigenvalue weighted by Crippen LogP contribution is 2.31. The van der Waals surface area contributed by atoms with Gasteiger partial charge >= 0.3 is 0 Å². The Morgan fingerprint density at radius 2 is 2.03 bits per heavy atom. The first-order chi connectivity index (χ1) is 14.6. The van der Waals surface area contributed by atoms with Crippen LogP contribution < -0.4 is 10.2 Å². The number of anilines is 2. The molecule has 0 aliphatic carbocycles. The summed E-state index contributed by atoms with van der Waals surface area (Å²) in [5.41, 5.74) is 2.57. The lowest BCUT2D eigenvalue weighted by Gasteiger charge is -2.38. The van der Waals surface area contributed by atoms with Crippen LogP contribution in [0.4, 0.5) is 11.8 Å². The van der Waals surface area contributed by atoms with E-state index in [1.807, 2.05) is 48.2 Å². The third kappa shape index (κ3) is 3.43. The largest absolute Gasteiger partial charge is 0.351 e. The lowest BCUT2D eigenvalue weighted by molar-refractivity contribution is -0.129. The lowest BCUT2D eigenvalue weighted by Crippen LogP contribution is -2.51. The molecule has 0 bridgehead atoms. The number of rotatable bonds is 4. The van der Waals surface area contributed by atoms with Crippen LogP contribution in [0.15, 0.2) is 42.6 Å². The second kappa shape index (κ2) is 7.72. The third-order valence-electron chi connectivity index (χ3n) is 5.95. The van der Waals surface area contributed by atoms with Crippen LogP contribution in [0, 0.1) is 0 Å². The Labute approximate surface area is 180 Å². The Bertz CT molecular complexity index is 1110. The molecule has 0 saturated carbocycles. The first-order valence-electron chi connectivity index (χ1n) is 10.3. The number of fused-ring (bicyclic) bond motifs is 2. The van der Waals surface area contributed by atoms with Crippen molar-refractivity contribution in [2.24, 2.45) is 0 Å². The highest BCUT2D eigenvalue weighted by molar-refractivity contribution is 6.31. The molecule has 2 fully saturated rings. The molecule has 1 amide bonds. The minimum absolute atomic E-state index is 0.0510. The van der Waals surface area contributed by atoms with Crippen molar-refractivity contribution in [2.75, 3.05) is 29.9 Å². The average Bonchev–Trinajstić information content (AvgIpc) is 3.13. The summed E-state index contributed by atoms with van der Waals surface area (Å²) in [5, 5.41) is 4.11. The molecule has 1 aromatic carbocycles. The molecule has 1 unspecified atom stereocenters. The van der Waals surface area contributed by atoms with Crippen LogP contribution in [0.25, 0.3) is 11.0 Å². The molecular formula is C22H23ClN6O. The molecule has 2 atom stereocenters. The van der Waals surface area contributed by atoms with Gasteiger partial charge in [-0.3, -0.25) is 9.78 Å². The summed E-state index contributed by atoms with van der Waals surface area (Å²) in [7, 11) is 0. The standard InChI is InChI=1S/C22H23ClN6O/c1-14(16-5-2-3-6-17(16)23)25-22-26-18-7-4-10-24-20(18)21(27-22)28-11-12-29-15(13-28)8-9-19(29)30/h2-7,10,14-15H,8-9,11-13H2,1H3,(H,25,26,27)/t14-,15?/m1/s1.